The van der Waals surface area contributed by atoms with E-state index in [0.717, 1.165) is 5.56 Å². The molecule has 0 bridgehead atoms. The standard InChI is InChI=1S/C16H13Cl3FN/c17-10-6-13(18)16(14(19)7-10)12-5-9(1-4-15(12)20)8-21-11-2-3-11/h1,4-7,11,21H,2-3,8H2. The Bertz CT molecular complexity index is 660. The van der Waals surface area contributed by atoms with E-state index in [1.807, 2.05) is 0 Å². The highest BCUT2D eigenvalue weighted by molar-refractivity contribution is 6.41. The molecule has 3 rings (SSSR count). The van der Waals surface area contributed by atoms with Crippen molar-refractivity contribution in [2.24, 2.45) is 0 Å². The van der Waals surface area contributed by atoms with Crippen LogP contribution in [0.25, 0.3) is 11.1 Å². The molecule has 21 heavy (non-hydrogen) atoms. The van der Waals surface area contributed by atoms with Crippen molar-refractivity contribution in [3.63, 3.8) is 0 Å². The number of nitrogens with one attached hydrogen (secondary N) is 1. The molecule has 0 aliphatic heterocycles. The van der Waals surface area contributed by atoms with Gasteiger partial charge in [0.25, 0.3) is 0 Å². The Labute approximate surface area is 138 Å². The van der Waals surface area contributed by atoms with Crippen molar-refractivity contribution < 1.29 is 4.39 Å². The summed E-state index contributed by atoms with van der Waals surface area (Å²) in [5.41, 5.74) is 1.88. The minimum Gasteiger partial charge on any atom is -0.310 e. The molecular formula is C16H13Cl3FN. The van der Waals surface area contributed by atoms with Gasteiger partial charge in [0.1, 0.15) is 5.82 Å². The van der Waals surface area contributed by atoms with Gasteiger partial charge in [-0.3, -0.25) is 0 Å². The van der Waals surface area contributed by atoms with E-state index < -0.39 is 0 Å². The number of halogens is 4. The van der Waals surface area contributed by atoms with Crippen LogP contribution in [-0.2, 0) is 6.54 Å². The Morgan fingerprint density at radius 3 is 2.33 bits per heavy atom. The molecule has 0 saturated heterocycles. The minimum atomic E-state index is -0.351. The first-order valence-corrected chi connectivity index (χ1v) is 7.84. The molecule has 1 aliphatic carbocycles. The van der Waals surface area contributed by atoms with E-state index in [9.17, 15) is 4.39 Å². The van der Waals surface area contributed by atoms with Gasteiger partial charge in [0.2, 0.25) is 0 Å². The summed E-state index contributed by atoms with van der Waals surface area (Å²) < 4.78 is 14.2. The summed E-state index contributed by atoms with van der Waals surface area (Å²) in [6.45, 7) is 0.709. The number of hydrogen-bond donors (Lipinski definition) is 1. The van der Waals surface area contributed by atoms with Gasteiger partial charge in [-0.2, -0.15) is 0 Å². The fourth-order valence-corrected chi connectivity index (χ4v) is 3.24. The smallest absolute Gasteiger partial charge is 0.131 e. The Hall–Kier alpha value is -0.800. The molecule has 1 aliphatic rings. The van der Waals surface area contributed by atoms with Crippen LogP contribution in [0.15, 0.2) is 30.3 Å². The van der Waals surface area contributed by atoms with Crippen molar-refractivity contribution >= 4 is 34.8 Å². The fraction of sp³-hybridized carbons (Fsp3) is 0.250. The molecule has 1 saturated carbocycles. The summed E-state index contributed by atoms with van der Waals surface area (Å²) >= 11 is 18.3. The Morgan fingerprint density at radius 2 is 1.71 bits per heavy atom. The third-order valence-corrected chi connectivity index (χ3v) is 4.29. The zero-order chi connectivity index (χ0) is 15.0. The van der Waals surface area contributed by atoms with Crippen molar-refractivity contribution in [2.45, 2.75) is 25.4 Å². The lowest BCUT2D eigenvalue weighted by molar-refractivity contribution is 0.628. The first-order valence-electron chi connectivity index (χ1n) is 6.71. The van der Waals surface area contributed by atoms with Crippen LogP contribution in [0.1, 0.15) is 18.4 Å². The van der Waals surface area contributed by atoms with E-state index in [1.54, 1.807) is 24.3 Å². The van der Waals surface area contributed by atoms with Crippen LogP contribution in [-0.4, -0.2) is 6.04 Å². The summed E-state index contributed by atoms with van der Waals surface area (Å²) in [5, 5.41) is 4.52. The molecule has 110 valence electrons. The fourth-order valence-electron chi connectivity index (χ4n) is 2.22. The maximum Gasteiger partial charge on any atom is 0.131 e. The molecule has 1 fully saturated rings. The lowest BCUT2D eigenvalue weighted by Gasteiger charge is -2.11. The van der Waals surface area contributed by atoms with Crippen molar-refractivity contribution in [3.8, 4) is 11.1 Å². The maximum absolute atomic E-state index is 14.2. The van der Waals surface area contributed by atoms with Gasteiger partial charge < -0.3 is 5.32 Å². The molecule has 1 N–H and O–H groups in total. The molecule has 2 aromatic carbocycles. The lowest BCUT2D eigenvalue weighted by Crippen LogP contribution is -2.15. The van der Waals surface area contributed by atoms with Crippen LogP contribution in [0.2, 0.25) is 15.1 Å². The van der Waals surface area contributed by atoms with Crippen molar-refractivity contribution in [3.05, 3.63) is 56.8 Å². The normalized spacial score (nSPS) is 14.5. The van der Waals surface area contributed by atoms with Crippen molar-refractivity contribution in [1.29, 1.82) is 0 Å². The van der Waals surface area contributed by atoms with Gasteiger partial charge in [-0.25, -0.2) is 4.39 Å². The zero-order valence-electron chi connectivity index (χ0n) is 11.1. The van der Waals surface area contributed by atoms with E-state index >= 15 is 0 Å². The number of rotatable bonds is 4. The van der Waals surface area contributed by atoms with Gasteiger partial charge in [0, 0.05) is 28.7 Å². The molecule has 0 aromatic heterocycles. The SMILES string of the molecule is Fc1ccc(CNC2CC2)cc1-c1c(Cl)cc(Cl)cc1Cl. The third kappa shape index (κ3) is 3.51. The molecule has 0 heterocycles. The highest BCUT2D eigenvalue weighted by Gasteiger charge is 2.20. The monoisotopic (exact) mass is 343 g/mol. The van der Waals surface area contributed by atoms with Crippen molar-refractivity contribution in [2.75, 3.05) is 0 Å². The molecule has 5 heteroatoms. The van der Waals surface area contributed by atoms with Crippen molar-refractivity contribution in [1.82, 2.24) is 5.32 Å². The number of benzene rings is 2. The highest BCUT2D eigenvalue weighted by Crippen LogP contribution is 2.38. The zero-order valence-corrected chi connectivity index (χ0v) is 13.4. The minimum absolute atomic E-state index is 0.346. The van der Waals surface area contributed by atoms with Gasteiger partial charge in [-0.15, -0.1) is 0 Å². The molecule has 0 spiro atoms. The van der Waals surface area contributed by atoms with Gasteiger partial charge >= 0.3 is 0 Å². The second kappa shape index (κ2) is 6.13. The largest absolute Gasteiger partial charge is 0.310 e. The van der Waals surface area contributed by atoms with E-state index in [-0.39, 0.29) is 5.82 Å². The second-order valence-corrected chi connectivity index (χ2v) is 6.46. The maximum atomic E-state index is 14.2. The average molecular weight is 345 g/mol. The number of hydrogen-bond acceptors (Lipinski definition) is 1. The van der Waals surface area contributed by atoms with Crippen LogP contribution in [0.4, 0.5) is 4.39 Å². The van der Waals surface area contributed by atoms with E-state index in [2.05, 4.69) is 5.32 Å². The Balaban J connectivity index is 1.98. The molecule has 0 unspecified atom stereocenters. The summed E-state index contributed by atoms with van der Waals surface area (Å²) in [4.78, 5) is 0. The molecule has 1 nitrogen and oxygen atoms in total. The first kappa shape index (κ1) is 15.1. The first-order chi connectivity index (χ1) is 10.0. The second-order valence-electron chi connectivity index (χ2n) is 5.21. The third-order valence-electron chi connectivity index (χ3n) is 3.48. The van der Waals surface area contributed by atoms with Crippen LogP contribution >= 0.6 is 34.8 Å². The van der Waals surface area contributed by atoms with E-state index in [4.69, 9.17) is 34.8 Å². The summed E-state index contributed by atoms with van der Waals surface area (Å²) in [6.07, 6.45) is 2.42. The molecule has 0 radical (unpaired) electrons. The predicted molar refractivity (Wildman–Crippen MR) is 86.7 cm³/mol. The summed E-state index contributed by atoms with van der Waals surface area (Å²) in [5.74, 6) is -0.351. The predicted octanol–water partition coefficient (Wildman–Crippen LogP) is 5.70. The lowest BCUT2D eigenvalue weighted by atomic mass is 10.0. The topological polar surface area (TPSA) is 12.0 Å². The van der Waals surface area contributed by atoms with E-state index in [1.165, 1.54) is 18.9 Å². The van der Waals surface area contributed by atoms with Crippen LogP contribution in [0.5, 0.6) is 0 Å². The molecule has 0 amide bonds. The van der Waals surface area contributed by atoms with Gasteiger partial charge in [-0.1, -0.05) is 40.9 Å². The highest BCUT2D eigenvalue weighted by atomic mass is 35.5. The molecular weight excluding hydrogens is 332 g/mol. The van der Waals surface area contributed by atoms with Crippen LogP contribution in [0.3, 0.4) is 0 Å². The van der Waals surface area contributed by atoms with Crippen LogP contribution < -0.4 is 5.32 Å². The van der Waals surface area contributed by atoms with Crippen LogP contribution in [0, 0.1) is 5.82 Å². The molecule has 0 atom stereocenters. The molecule has 2 aromatic rings. The van der Waals surface area contributed by atoms with Gasteiger partial charge in [-0.05, 0) is 42.7 Å². The van der Waals surface area contributed by atoms with Gasteiger partial charge in [0.15, 0.2) is 0 Å². The quantitative estimate of drug-likeness (QED) is 0.749. The van der Waals surface area contributed by atoms with E-state index in [0.29, 0.717) is 38.8 Å². The van der Waals surface area contributed by atoms with Gasteiger partial charge in [0.05, 0.1) is 10.0 Å². The summed E-state index contributed by atoms with van der Waals surface area (Å²) in [6, 6.07) is 8.73. The average Bonchev–Trinajstić information content (AvgIpc) is 3.22. The summed E-state index contributed by atoms with van der Waals surface area (Å²) in [7, 11) is 0. The Kier molecular flexibility index (Phi) is 4.41. The Morgan fingerprint density at radius 1 is 1.05 bits per heavy atom.